The largest absolute Gasteiger partial charge is 0.494 e. The molecule has 0 spiro atoms. The Morgan fingerprint density at radius 3 is 2.69 bits per heavy atom. The van der Waals surface area contributed by atoms with E-state index in [9.17, 15) is 9.18 Å². The van der Waals surface area contributed by atoms with E-state index < -0.39 is 5.82 Å². The second-order valence-electron chi connectivity index (χ2n) is 6.93. The third-order valence-electron chi connectivity index (χ3n) is 4.93. The number of amidine groups is 2. The summed E-state index contributed by atoms with van der Waals surface area (Å²) in [7, 11) is 4.49. The maximum atomic E-state index is 13.3. The summed E-state index contributed by atoms with van der Waals surface area (Å²) in [6.07, 6.45) is 3.50. The molecular formula is C23H25FN8O3. The number of aromatic nitrogens is 1. The molecule has 0 saturated carbocycles. The summed E-state index contributed by atoms with van der Waals surface area (Å²) in [4.78, 5) is 24.8. The normalized spacial score (nSPS) is 13.9. The lowest BCUT2D eigenvalue weighted by molar-refractivity contribution is -0.116. The second-order valence-corrected chi connectivity index (χ2v) is 6.93. The molecule has 6 N–H and O–H groups in total. The van der Waals surface area contributed by atoms with Crippen molar-refractivity contribution in [3.05, 3.63) is 64.9 Å². The maximum Gasteiger partial charge on any atom is 0.252 e. The fourth-order valence-corrected chi connectivity index (χ4v) is 3.33. The van der Waals surface area contributed by atoms with Crippen LogP contribution in [0.15, 0.2) is 63.6 Å². The topological polar surface area (TPSA) is 159 Å². The number of hydrogen-bond donors (Lipinski definition) is 5. The highest BCUT2D eigenvalue weighted by molar-refractivity contribution is 6.11. The van der Waals surface area contributed by atoms with Crippen molar-refractivity contribution in [2.24, 2.45) is 15.7 Å². The van der Waals surface area contributed by atoms with Gasteiger partial charge in [0.05, 0.1) is 30.1 Å². The van der Waals surface area contributed by atoms with Crippen molar-refractivity contribution >= 4 is 35.4 Å². The number of halogens is 1. The third kappa shape index (κ3) is 5.11. The van der Waals surface area contributed by atoms with Gasteiger partial charge in [-0.1, -0.05) is 6.08 Å². The molecule has 2 heterocycles. The number of allylic oxidation sites excluding steroid dienone is 1. The van der Waals surface area contributed by atoms with Crippen LogP contribution in [0, 0.1) is 11.2 Å². The Bertz CT molecular complexity index is 1270. The highest BCUT2D eigenvalue weighted by Crippen LogP contribution is 2.43. The fraction of sp³-hybridized carbons (Fsp3) is 0.174. The number of ether oxygens (including phenoxy) is 2. The van der Waals surface area contributed by atoms with Crippen molar-refractivity contribution in [3.63, 3.8) is 0 Å². The summed E-state index contributed by atoms with van der Waals surface area (Å²) >= 11 is 0. The van der Waals surface area contributed by atoms with Gasteiger partial charge in [-0.3, -0.25) is 15.2 Å². The first-order chi connectivity index (χ1) is 16.9. The Morgan fingerprint density at radius 2 is 2.11 bits per heavy atom. The van der Waals surface area contributed by atoms with E-state index in [1.54, 1.807) is 25.1 Å². The highest BCUT2D eigenvalue weighted by Gasteiger charge is 2.31. The van der Waals surface area contributed by atoms with Gasteiger partial charge in [0, 0.05) is 14.1 Å². The molecule has 1 aliphatic heterocycles. The van der Waals surface area contributed by atoms with Gasteiger partial charge in [0.25, 0.3) is 5.91 Å². The average molecular weight is 481 g/mol. The van der Waals surface area contributed by atoms with Crippen LogP contribution < -0.4 is 31.2 Å². The Hall–Kier alpha value is -4.74. The van der Waals surface area contributed by atoms with Gasteiger partial charge in [0.1, 0.15) is 29.5 Å². The molecule has 3 rings (SSSR count). The molecule has 35 heavy (non-hydrogen) atoms. The molecule has 11 nitrogen and oxygen atoms in total. The van der Waals surface area contributed by atoms with Crippen LogP contribution in [-0.4, -0.2) is 50.1 Å². The lowest BCUT2D eigenvalue weighted by atomic mass is 10.0. The molecule has 12 heteroatoms. The molecule has 0 radical (unpaired) electrons. The first-order valence-corrected chi connectivity index (χ1v) is 10.4. The third-order valence-corrected chi connectivity index (χ3v) is 4.93. The number of nitrogens with one attached hydrogen (secondary N) is 4. The molecule has 1 aromatic carbocycles. The van der Waals surface area contributed by atoms with Gasteiger partial charge < -0.3 is 31.2 Å². The maximum absolute atomic E-state index is 13.3. The Labute approximate surface area is 201 Å². The number of hydrogen-bond acceptors (Lipinski definition) is 7. The van der Waals surface area contributed by atoms with E-state index in [2.05, 4.69) is 30.9 Å². The summed E-state index contributed by atoms with van der Waals surface area (Å²) < 4.78 is 25.1. The van der Waals surface area contributed by atoms with Crippen molar-refractivity contribution in [2.75, 3.05) is 31.8 Å². The number of methoxy groups -OCH3 is 1. The van der Waals surface area contributed by atoms with Crippen LogP contribution in [-0.2, 0) is 4.79 Å². The van der Waals surface area contributed by atoms with Crippen LogP contribution in [0.4, 0.5) is 15.9 Å². The van der Waals surface area contributed by atoms with Crippen molar-refractivity contribution < 1.29 is 18.7 Å². The number of rotatable bonds is 7. The van der Waals surface area contributed by atoms with Crippen molar-refractivity contribution in [1.82, 2.24) is 10.3 Å². The Morgan fingerprint density at radius 1 is 1.34 bits per heavy atom. The van der Waals surface area contributed by atoms with Gasteiger partial charge in [0.15, 0.2) is 23.1 Å². The van der Waals surface area contributed by atoms with E-state index >= 15 is 0 Å². The quantitative estimate of drug-likeness (QED) is 0.231. The summed E-state index contributed by atoms with van der Waals surface area (Å²) in [5, 5.41) is 16.0. The highest BCUT2D eigenvalue weighted by atomic mass is 19.1. The summed E-state index contributed by atoms with van der Waals surface area (Å²) in [6, 6.07) is 5.97. The zero-order valence-electron chi connectivity index (χ0n) is 19.6. The minimum Gasteiger partial charge on any atom is -0.494 e. The predicted molar refractivity (Wildman–Crippen MR) is 133 cm³/mol. The number of benzene rings is 1. The number of anilines is 2. The van der Waals surface area contributed by atoms with E-state index in [4.69, 9.17) is 20.6 Å². The predicted octanol–water partition coefficient (Wildman–Crippen LogP) is 2.39. The van der Waals surface area contributed by atoms with Crippen molar-refractivity contribution in [1.29, 1.82) is 5.41 Å². The molecule has 0 unspecified atom stereocenters. The average Bonchev–Trinajstić information content (AvgIpc) is 2.87. The Kier molecular flexibility index (Phi) is 7.77. The zero-order chi connectivity index (χ0) is 25.5. The van der Waals surface area contributed by atoms with Crippen molar-refractivity contribution in [2.45, 2.75) is 6.92 Å². The van der Waals surface area contributed by atoms with Crippen LogP contribution in [0.25, 0.3) is 0 Å². The number of carbonyl (C=O) groups is 1. The number of pyridine rings is 1. The number of amides is 1. The minimum atomic E-state index is -0.487. The van der Waals surface area contributed by atoms with E-state index in [1.807, 2.05) is 0 Å². The number of nitrogens with zero attached hydrogens (tertiary/aromatic N) is 3. The van der Waals surface area contributed by atoms with Crippen LogP contribution in [0.2, 0.25) is 0 Å². The standard InChI is InChI=1S/C23H25FN8O3/c1-5-13(23(33)28-3)17-20(22(27-2)31-16-9-6-12(24)10-29-16)35-15-8-7-14(21(26)30-11-25)19(34-4)18(15)32-17/h5-11,32H,1-4H3,(H,28,33)(H3,25,26,30)(H,27,29,31). The van der Waals surface area contributed by atoms with Crippen LogP contribution >= 0.6 is 0 Å². The lowest BCUT2D eigenvalue weighted by Crippen LogP contribution is -2.31. The lowest BCUT2D eigenvalue weighted by Gasteiger charge is -2.28. The van der Waals surface area contributed by atoms with Gasteiger partial charge in [-0.2, -0.15) is 0 Å². The van der Waals surface area contributed by atoms with Gasteiger partial charge in [-0.25, -0.2) is 14.4 Å². The smallest absolute Gasteiger partial charge is 0.252 e. The molecule has 0 bridgehead atoms. The van der Waals surface area contributed by atoms with E-state index in [-0.39, 0.29) is 34.6 Å². The Balaban J connectivity index is 2.18. The second kappa shape index (κ2) is 10.9. The molecule has 0 fully saturated rings. The molecule has 182 valence electrons. The van der Waals surface area contributed by atoms with E-state index in [0.29, 0.717) is 28.6 Å². The van der Waals surface area contributed by atoms with Crippen LogP contribution in [0.3, 0.4) is 0 Å². The monoisotopic (exact) mass is 480 g/mol. The number of carbonyl (C=O) groups excluding carboxylic acids is 1. The molecule has 1 amide bonds. The van der Waals surface area contributed by atoms with E-state index in [0.717, 1.165) is 12.5 Å². The number of likely N-dealkylation sites (N-methyl/N-ethyl adjacent to an activating group) is 1. The number of nitrogens with two attached hydrogens (primary N) is 1. The van der Waals surface area contributed by atoms with Gasteiger partial charge in [-0.15, -0.1) is 0 Å². The number of fused-ring (bicyclic) bond motifs is 1. The van der Waals surface area contributed by atoms with E-state index in [1.165, 1.54) is 33.3 Å². The van der Waals surface area contributed by atoms with Gasteiger partial charge >= 0.3 is 0 Å². The summed E-state index contributed by atoms with van der Waals surface area (Å²) in [5.41, 5.74) is 7.36. The molecule has 2 aromatic rings. The first-order valence-electron chi connectivity index (χ1n) is 10.4. The fourth-order valence-electron chi connectivity index (χ4n) is 3.33. The molecule has 0 saturated heterocycles. The molecule has 0 aliphatic carbocycles. The van der Waals surface area contributed by atoms with Crippen molar-refractivity contribution in [3.8, 4) is 11.5 Å². The zero-order valence-corrected chi connectivity index (χ0v) is 19.6. The number of aliphatic imine (C=N–C) groups is 2. The minimum absolute atomic E-state index is 0.0650. The van der Waals surface area contributed by atoms with Gasteiger partial charge in [0.2, 0.25) is 0 Å². The molecule has 1 aromatic heterocycles. The van der Waals surface area contributed by atoms with Crippen LogP contribution in [0.5, 0.6) is 11.5 Å². The summed E-state index contributed by atoms with van der Waals surface area (Å²) in [5.74, 6) is 0.600. The first kappa shape index (κ1) is 24.9. The molecule has 1 aliphatic rings. The van der Waals surface area contributed by atoms with Crippen LogP contribution in [0.1, 0.15) is 12.5 Å². The molecule has 0 atom stereocenters. The SMILES string of the molecule is CC=C(C(=O)NC)C1=C(C(=NC)Nc2ccc(F)cn2)Oc2ccc(C(N)=NC=N)c(OC)c2N1. The van der Waals surface area contributed by atoms with Gasteiger partial charge in [-0.05, 0) is 31.2 Å². The summed E-state index contributed by atoms with van der Waals surface area (Å²) in [6.45, 7) is 1.70. The molecular weight excluding hydrogens is 455 g/mol.